The van der Waals surface area contributed by atoms with Crippen molar-refractivity contribution in [3.8, 4) is 0 Å². The maximum absolute atomic E-state index is 12.5. The van der Waals surface area contributed by atoms with Crippen LogP contribution in [0.2, 0.25) is 0 Å². The molecule has 3 rings (SSSR count). The van der Waals surface area contributed by atoms with E-state index < -0.39 is 0 Å². The Morgan fingerprint density at radius 2 is 1.81 bits per heavy atom. The highest BCUT2D eigenvalue weighted by Gasteiger charge is 2.28. The molecule has 1 aliphatic carbocycles. The number of carbonyl (C=O) groups excluding carboxylic acids is 1. The zero-order chi connectivity index (χ0) is 14.5. The smallest absolute Gasteiger partial charge is 0.226 e. The summed E-state index contributed by atoms with van der Waals surface area (Å²) in [4.78, 5) is 14.6. The second-order valence-electron chi connectivity index (χ2n) is 6.44. The Morgan fingerprint density at radius 3 is 2.48 bits per heavy atom. The van der Waals surface area contributed by atoms with Crippen molar-refractivity contribution in [1.29, 1.82) is 0 Å². The van der Waals surface area contributed by atoms with Crippen LogP contribution in [-0.4, -0.2) is 23.9 Å². The molecule has 0 aromatic heterocycles. The first-order valence-electron chi connectivity index (χ1n) is 8.30. The Hall–Kier alpha value is -1.57. The Labute approximate surface area is 127 Å². The fourth-order valence-corrected chi connectivity index (χ4v) is 3.58. The summed E-state index contributed by atoms with van der Waals surface area (Å²) < 4.78 is 0. The van der Waals surface area contributed by atoms with Gasteiger partial charge in [0, 0.05) is 19.0 Å². The monoisotopic (exact) mass is 283 g/mol. The molecular weight excluding hydrogens is 258 g/mol. The van der Waals surface area contributed by atoms with Gasteiger partial charge in [-0.05, 0) is 50.0 Å². The van der Waals surface area contributed by atoms with E-state index in [-0.39, 0.29) is 5.92 Å². The SMILES string of the molecule is O=C([C@@H]1CC=CCC1)N1CCC(Cc2ccccc2)CC1. The lowest BCUT2D eigenvalue weighted by molar-refractivity contribution is -0.137. The van der Waals surface area contributed by atoms with Crippen LogP contribution in [-0.2, 0) is 11.2 Å². The number of benzene rings is 1. The molecule has 0 radical (unpaired) electrons. The Kier molecular flexibility index (Phi) is 4.74. The normalized spacial score (nSPS) is 23.2. The third-order valence-corrected chi connectivity index (χ3v) is 4.91. The van der Waals surface area contributed by atoms with Crippen molar-refractivity contribution in [2.24, 2.45) is 11.8 Å². The first kappa shape index (κ1) is 14.4. The molecule has 21 heavy (non-hydrogen) atoms. The Bertz CT molecular complexity index is 486. The Morgan fingerprint density at radius 1 is 1.05 bits per heavy atom. The van der Waals surface area contributed by atoms with Gasteiger partial charge in [-0.1, -0.05) is 42.5 Å². The summed E-state index contributed by atoms with van der Waals surface area (Å²) in [6.45, 7) is 1.91. The van der Waals surface area contributed by atoms with Crippen molar-refractivity contribution < 1.29 is 4.79 Å². The second kappa shape index (κ2) is 6.93. The fourth-order valence-electron chi connectivity index (χ4n) is 3.58. The highest BCUT2D eigenvalue weighted by Crippen LogP contribution is 2.26. The lowest BCUT2D eigenvalue weighted by Gasteiger charge is -2.34. The van der Waals surface area contributed by atoms with Gasteiger partial charge >= 0.3 is 0 Å². The van der Waals surface area contributed by atoms with Crippen LogP contribution in [0.4, 0.5) is 0 Å². The summed E-state index contributed by atoms with van der Waals surface area (Å²) in [6, 6.07) is 10.7. The molecule has 0 spiro atoms. The van der Waals surface area contributed by atoms with Gasteiger partial charge < -0.3 is 4.90 Å². The third-order valence-electron chi connectivity index (χ3n) is 4.91. The van der Waals surface area contributed by atoms with E-state index in [1.165, 1.54) is 5.56 Å². The molecule has 1 atom stereocenters. The standard InChI is InChI=1S/C19H25NO/c21-19(18-9-5-2-6-10-18)20-13-11-17(12-14-20)15-16-7-3-1-4-8-16/h1-5,7-8,17-18H,6,9-15H2/t18-/m1/s1. The van der Waals surface area contributed by atoms with Crippen LogP contribution in [0, 0.1) is 11.8 Å². The zero-order valence-corrected chi connectivity index (χ0v) is 12.7. The molecule has 0 bridgehead atoms. The summed E-state index contributed by atoms with van der Waals surface area (Å²) in [5.74, 6) is 1.39. The predicted molar refractivity (Wildman–Crippen MR) is 85.9 cm³/mol. The first-order valence-corrected chi connectivity index (χ1v) is 8.30. The zero-order valence-electron chi connectivity index (χ0n) is 12.7. The molecule has 0 saturated carbocycles. The maximum Gasteiger partial charge on any atom is 0.226 e. The third kappa shape index (κ3) is 3.75. The van der Waals surface area contributed by atoms with Crippen LogP contribution in [0.25, 0.3) is 0 Å². The van der Waals surface area contributed by atoms with E-state index in [1.54, 1.807) is 0 Å². The quantitative estimate of drug-likeness (QED) is 0.772. The van der Waals surface area contributed by atoms with Gasteiger partial charge in [0.2, 0.25) is 5.91 Å². The minimum atomic E-state index is 0.251. The van der Waals surface area contributed by atoms with Crippen LogP contribution < -0.4 is 0 Å². The molecule has 1 fully saturated rings. The molecule has 1 amide bonds. The van der Waals surface area contributed by atoms with E-state index >= 15 is 0 Å². The number of hydrogen-bond acceptors (Lipinski definition) is 1. The molecule has 112 valence electrons. The van der Waals surface area contributed by atoms with Crippen molar-refractivity contribution in [1.82, 2.24) is 4.90 Å². The molecule has 0 unspecified atom stereocenters. The van der Waals surface area contributed by atoms with Gasteiger partial charge in [0.05, 0.1) is 0 Å². The number of piperidine rings is 1. The second-order valence-corrected chi connectivity index (χ2v) is 6.44. The topological polar surface area (TPSA) is 20.3 Å². The lowest BCUT2D eigenvalue weighted by Crippen LogP contribution is -2.42. The van der Waals surface area contributed by atoms with Crippen molar-refractivity contribution in [2.75, 3.05) is 13.1 Å². The van der Waals surface area contributed by atoms with Crippen molar-refractivity contribution >= 4 is 5.91 Å². The molecule has 1 saturated heterocycles. The van der Waals surface area contributed by atoms with Gasteiger partial charge in [0.15, 0.2) is 0 Å². The highest BCUT2D eigenvalue weighted by molar-refractivity contribution is 5.79. The van der Waals surface area contributed by atoms with Crippen LogP contribution >= 0.6 is 0 Å². The van der Waals surface area contributed by atoms with Gasteiger partial charge in [-0.3, -0.25) is 4.79 Å². The number of nitrogens with zero attached hydrogens (tertiary/aromatic N) is 1. The molecule has 2 aliphatic rings. The van der Waals surface area contributed by atoms with E-state index in [1.807, 2.05) is 0 Å². The summed E-state index contributed by atoms with van der Waals surface area (Å²) in [5, 5.41) is 0. The number of hydrogen-bond donors (Lipinski definition) is 0. The number of carbonyl (C=O) groups is 1. The maximum atomic E-state index is 12.5. The van der Waals surface area contributed by atoms with E-state index in [0.29, 0.717) is 5.91 Å². The summed E-state index contributed by atoms with van der Waals surface area (Å²) >= 11 is 0. The van der Waals surface area contributed by atoms with Crippen molar-refractivity contribution in [3.05, 3.63) is 48.0 Å². The van der Waals surface area contributed by atoms with E-state index in [4.69, 9.17) is 0 Å². The van der Waals surface area contributed by atoms with Crippen molar-refractivity contribution in [3.63, 3.8) is 0 Å². The fraction of sp³-hybridized carbons (Fsp3) is 0.526. The van der Waals surface area contributed by atoms with E-state index in [2.05, 4.69) is 47.4 Å². The molecule has 2 heteroatoms. The summed E-state index contributed by atoms with van der Waals surface area (Å²) in [7, 11) is 0. The minimum absolute atomic E-state index is 0.251. The van der Waals surface area contributed by atoms with Crippen LogP contribution in [0.15, 0.2) is 42.5 Å². The van der Waals surface area contributed by atoms with Gasteiger partial charge in [-0.15, -0.1) is 0 Å². The minimum Gasteiger partial charge on any atom is -0.342 e. The highest BCUT2D eigenvalue weighted by atomic mass is 16.2. The molecule has 1 aromatic rings. The average Bonchev–Trinajstić information content (AvgIpc) is 2.57. The number of likely N-dealkylation sites (tertiary alicyclic amines) is 1. The number of amides is 1. The molecule has 2 nitrogen and oxygen atoms in total. The largest absolute Gasteiger partial charge is 0.342 e. The molecule has 1 aliphatic heterocycles. The predicted octanol–water partition coefficient (Wildman–Crippen LogP) is 3.82. The van der Waals surface area contributed by atoms with Crippen LogP contribution in [0.1, 0.15) is 37.7 Å². The lowest BCUT2D eigenvalue weighted by atomic mass is 9.88. The van der Waals surface area contributed by atoms with E-state index in [9.17, 15) is 4.79 Å². The van der Waals surface area contributed by atoms with Gasteiger partial charge in [-0.2, -0.15) is 0 Å². The molecule has 1 heterocycles. The van der Waals surface area contributed by atoms with E-state index in [0.717, 1.165) is 57.5 Å². The Balaban J connectivity index is 1.48. The first-order chi connectivity index (χ1) is 10.3. The van der Waals surface area contributed by atoms with Crippen LogP contribution in [0.5, 0.6) is 0 Å². The molecular formula is C19H25NO. The summed E-state index contributed by atoms with van der Waals surface area (Å²) in [5.41, 5.74) is 1.43. The van der Waals surface area contributed by atoms with Gasteiger partial charge in [0.25, 0.3) is 0 Å². The molecule has 0 N–H and O–H groups in total. The van der Waals surface area contributed by atoms with Crippen LogP contribution in [0.3, 0.4) is 0 Å². The summed E-state index contributed by atoms with van der Waals surface area (Å²) in [6.07, 6.45) is 10.9. The number of rotatable bonds is 3. The van der Waals surface area contributed by atoms with Gasteiger partial charge in [0.1, 0.15) is 0 Å². The average molecular weight is 283 g/mol. The van der Waals surface area contributed by atoms with Gasteiger partial charge in [-0.25, -0.2) is 0 Å². The molecule has 1 aromatic carbocycles. The number of allylic oxidation sites excluding steroid dienone is 2. The van der Waals surface area contributed by atoms with Crippen molar-refractivity contribution in [2.45, 2.75) is 38.5 Å².